The fourth-order valence-electron chi connectivity index (χ4n) is 1.32. The van der Waals surface area contributed by atoms with E-state index in [1.165, 1.54) is 0 Å². The Kier molecular flexibility index (Phi) is 4.16. The molecule has 7 nitrogen and oxygen atoms in total. The van der Waals surface area contributed by atoms with Crippen LogP contribution in [0.3, 0.4) is 0 Å². The van der Waals surface area contributed by atoms with Gasteiger partial charge in [0, 0.05) is 6.04 Å². The van der Waals surface area contributed by atoms with Gasteiger partial charge in [0.15, 0.2) is 5.75 Å². The molecule has 0 radical (unpaired) electrons. The van der Waals surface area contributed by atoms with Crippen LogP contribution in [-0.2, 0) is 0 Å². The Morgan fingerprint density at radius 2 is 2.00 bits per heavy atom. The van der Waals surface area contributed by atoms with Crippen molar-refractivity contribution < 1.29 is 9.47 Å². The van der Waals surface area contributed by atoms with Gasteiger partial charge in [0.05, 0.1) is 19.0 Å². The summed E-state index contributed by atoms with van der Waals surface area (Å²) in [6, 6.07) is 0.457. The fraction of sp³-hybridized carbons (Fsp3) is 0.455. The van der Waals surface area contributed by atoms with E-state index in [2.05, 4.69) is 20.1 Å². The van der Waals surface area contributed by atoms with Gasteiger partial charge in [-0.15, -0.1) is 4.98 Å². The Balaban J connectivity index is 2.17. The Morgan fingerprint density at radius 1 is 1.26 bits per heavy atom. The van der Waals surface area contributed by atoms with Crippen molar-refractivity contribution in [3.05, 3.63) is 17.7 Å². The van der Waals surface area contributed by atoms with E-state index in [1.807, 2.05) is 20.8 Å². The Labute approximate surface area is 115 Å². The average molecular weight is 284 g/mol. The molecular weight excluding hydrogens is 270 g/mol. The molecule has 0 aliphatic rings. The summed E-state index contributed by atoms with van der Waals surface area (Å²) in [6.45, 7) is 6.30. The van der Waals surface area contributed by atoms with E-state index in [4.69, 9.17) is 21.1 Å². The van der Waals surface area contributed by atoms with Gasteiger partial charge in [0.2, 0.25) is 5.28 Å². The maximum atomic E-state index is 5.76. The van der Waals surface area contributed by atoms with Crippen LogP contribution in [0.5, 0.6) is 17.8 Å². The van der Waals surface area contributed by atoms with Crippen molar-refractivity contribution in [3.63, 3.8) is 0 Å². The first-order valence-corrected chi connectivity index (χ1v) is 6.22. The Hall–Kier alpha value is -1.89. The topological polar surface area (TPSA) is 75.0 Å². The summed E-state index contributed by atoms with van der Waals surface area (Å²) < 4.78 is 12.4. The molecule has 0 amide bonds. The van der Waals surface area contributed by atoms with E-state index < -0.39 is 0 Å². The first-order valence-electron chi connectivity index (χ1n) is 5.85. The van der Waals surface area contributed by atoms with E-state index in [0.29, 0.717) is 12.4 Å². The quantitative estimate of drug-likeness (QED) is 0.839. The van der Waals surface area contributed by atoms with Gasteiger partial charge < -0.3 is 9.47 Å². The second-order valence-corrected chi connectivity index (χ2v) is 4.29. The number of hydrogen-bond donors (Lipinski definition) is 0. The largest absolute Gasteiger partial charge is 0.464 e. The van der Waals surface area contributed by atoms with Crippen LogP contribution in [0.25, 0.3) is 0 Å². The molecule has 2 aromatic rings. The normalized spacial score (nSPS) is 10.8. The SMILES string of the molecule is CCOc1nc(Cl)nc(Oc2cnn(C(C)C)c2)n1. The number of halogens is 1. The van der Waals surface area contributed by atoms with Crippen molar-refractivity contribution in [3.8, 4) is 17.8 Å². The molecule has 0 spiro atoms. The van der Waals surface area contributed by atoms with Crippen molar-refractivity contribution in [2.24, 2.45) is 0 Å². The molecule has 0 aliphatic heterocycles. The molecule has 0 saturated heterocycles. The molecule has 0 bridgehead atoms. The molecule has 102 valence electrons. The zero-order chi connectivity index (χ0) is 13.8. The van der Waals surface area contributed by atoms with Gasteiger partial charge in [-0.25, -0.2) is 0 Å². The molecule has 2 aromatic heterocycles. The van der Waals surface area contributed by atoms with Gasteiger partial charge >= 0.3 is 12.0 Å². The molecule has 2 rings (SSSR count). The van der Waals surface area contributed by atoms with Crippen LogP contribution in [0.4, 0.5) is 0 Å². The van der Waals surface area contributed by atoms with E-state index in [0.717, 1.165) is 0 Å². The van der Waals surface area contributed by atoms with Crippen molar-refractivity contribution in [1.82, 2.24) is 24.7 Å². The second kappa shape index (κ2) is 5.83. The van der Waals surface area contributed by atoms with Crippen LogP contribution in [0.2, 0.25) is 5.28 Å². The third-order valence-corrected chi connectivity index (χ3v) is 2.33. The molecule has 0 atom stereocenters. The Morgan fingerprint density at radius 3 is 2.63 bits per heavy atom. The first kappa shape index (κ1) is 13.5. The smallest absolute Gasteiger partial charge is 0.329 e. The van der Waals surface area contributed by atoms with Gasteiger partial charge in [-0.1, -0.05) is 0 Å². The van der Waals surface area contributed by atoms with Crippen LogP contribution >= 0.6 is 11.6 Å². The molecule has 0 unspecified atom stereocenters. The van der Waals surface area contributed by atoms with E-state index in [1.54, 1.807) is 17.1 Å². The van der Waals surface area contributed by atoms with Crippen LogP contribution in [0.15, 0.2) is 12.4 Å². The molecule has 0 fully saturated rings. The molecule has 2 heterocycles. The standard InChI is InChI=1S/C11H14ClN5O2/c1-4-18-10-14-9(12)15-11(16-10)19-8-5-13-17(6-8)7(2)3/h5-7H,4H2,1-3H3. The zero-order valence-electron chi connectivity index (χ0n) is 10.9. The number of aromatic nitrogens is 5. The number of rotatable bonds is 5. The van der Waals surface area contributed by atoms with Gasteiger partial charge in [0.25, 0.3) is 0 Å². The number of ether oxygens (including phenoxy) is 2. The van der Waals surface area contributed by atoms with Crippen molar-refractivity contribution in [2.45, 2.75) is 26.8 Å². The highest BCUT2D eigenvalue weighted by molar-refractivity contribution is 6.28. The third-order valence-electron chi connectivity index (χ3n) is 2.16. The van der Waals surface area contributed by atoms with Gasteiger partial charge in [0.1, 0.15) is 0 Å². The minimum absolute atomic E-state index is 0.0182. The fourth-order valence-corrected chi connectivity index (χ4v) is 1.46. The summed E-state index contributed by atoms with van der Waals surface area (Å²) in [5.41, 5.74) is 0. The number of hydrogen-bond acceptors (Lipinski definition) is 6. The molecule has 19 heavy (non-hydrogen) atoms. The van der Waals surface area contributed by atoms with Crippen molar-refractivity contribution in [2.75, 3.05) is 6.61 Å². The summed E-state index contributed by atoms with van der Waals surface area (Å²) in [5.74, 6) is 0.526. The molecule has 0 N–H and O–H groups in total. The maximum Gasteiger partial charge on any atom is 0.329 e. The van der Waals surface area contributed by atoms with Crippen molar-refractivity contribution >= 4 is 11.6 Å². The predicted molar refractivity (Wildman–Crippen MR) is 68.7 cm³/mol. The van der Waals surface area contributed by atoms with Gasteiger partial charge in [-0.2, -0.15) is 15.1 Å². The molecule has 0 saturated carbocycles. The maximum absolute atomic E-state index is 5.76. The lowest BCUT2D eigenvalue weighted by molar-refractivity contribution is 0.303. The zero-order valence-corrected chi connectivity index (χ0v) is 11.6. The van der Waals surface area contributed by atoms with Gasteiger partial charge in [-0.05, 0) is 32.4 Å². The molecule has 0 aromatic carbocycles. The summed E-state index contributed by atoms with van der Waals surface area (Å²) in [6.07, 6.45) is 3.33. The summed E-state index contributed by atoms with van der Waals surface area (Å²) in [5, 5.41) is 4.17. The third kappa shape index (κ3) is 3.54. The van der Waals surface area contributed by atoms with Crippen molar-refractivity contribution in [1.29, 1.82) is 0 Å². The number of nitrogens with zero attached hydrogens (tertiary/aromatic N) is 5. The molecule has 0 aliphatic carbocycles. The highest BCUT2D eigenvalue weighted by Gasteiger charge is 2.10. The first-order chi connectivity index (χ1) is 9.08. The summed E-state index contributed by atoms with van der Waals surface area (Å²) >= 11 is 5.76. The molecule has 8 heteroatoms. The van der Waals surface area contributed by atoms with E-state index in [-0.39, 0.29) is 23.3 Å². The van der Waals surface area contributed by atoms with E-state index >= 15 is 0 Å². The monoisotopic (exact) mass is 283 g/mol. The Bertz CT molecular complexity index is 558. The summed E-state index contributed by atoms with van der Waals surface area (Å²) in [7, 11) is 0. The highest BCUT2D eigenvalue weighted by Crippen LogP contribution is 2.21. The van der Waals surface area contributed by atoms with Gasteiger partial charge in [-0.3, -0.25) is 4.68 Å². The minimum Gasteiger partial charge on any atom is -0.464 e. The van der Waals surface area contributed by atoms with Crippen LogP contribution in [-0.4, -0.2) is 31.3 Å². The second-order valence-electron chi connectivity index (χ2n) is 3.95. The predicted octanol–water partition coefficient (Wildman–Crippen LogP) is 2.49. The lowest BCUT2D eigenvalue weighted by Gasteiger charge is -2.05. The van der Waals surface area contributed by atoms with Crippen LogP contribution < -0.4 is 9.47 Å². The molecular formula is C11H14ClN5O2. The summed E-state index contributed by atoms with van der Waals surface area (Å²) in [4.78, 5) is 11.7. The highest BCUT2D eigenvalue weighted by atomic mass is 35.5. The lowest BCUT2D eigenvalue weighted by atomic mass is 10.4. The average Bonchev–Trinajstić information content (AvgIpc) is 2.77. The van der Waals surface area contributed by atoms with E-state index in [9.17, 15) is 0 Å². The minimum atomic E-state index is 0.0182. The van der Waals surface area contributed by atoms with Crippen LogP contribution in [0.1, 0.15) is 26.8 Å². The lowest BCUT2D eigenvalue weighted by Crippen LogP contribution is -2.01. The van der Waals surface area contributed by atoms with Crippen LogP contribution in [0, 0.1) is 0 Å².